The average Bonchev–Trinajstić information content (AvgIpc) is 3.44. The maximum absolute atomic E-state index is 12.3. The maximum Gasteiger partial charge on any atom is 0.261 e. The van der Waals surface area contributed by atoms with Crippen LogP contribution in [0.5, 0.6) is 0 Å². The summed E-state index contributed by atoms with van der Waals surface area (Å²) in [5, 5.41) is 0. The molecule has 0 radical (unpaired) electrons. The number of fused-ring (bicyclic) bond motifs is 1. The van der Waals surface area contributed by atoms with Crippen molar-refractivity contribution in [3.05, 3.63) is 35.4 Å². The van der Waals surface area contributed by atoms with Crippen molar-refractivity contribution in [1.82, 2.24) is 4.90 Å². The molecule has 1 aliphatic rings. The highest BCUT2D eigenvalue weighted by Gasteiger charge is 2.34. The summed E-state index contributed by atoms with van der Waals surface area (Å²) in [6.07, 6.45) is 1.13. The number of hydrogen-bond donors (Lipinski definition) is 0. The second kappa shape index (κ2) is 36.2. The fourth-order valence-corrected chi connectivity index (χ4v) is 4.64. The fourth-order valence-electron chi connectivity index (χ4n) is 4.64. The number of hydrogen-bond acceptors (Lipinski definition) is 15. The molecule has 16 heteroatoms. The van der Waals surface area contributed by atoms with E-state index in [0.29, 0.717) is 176 Å². The summed E-state index contributed by atoms with van der Waals surface area (Å²) in [5.41, 5.74) is 0.882. The van der Waals surface area contributed by atoms with Crippen LogP contribution in [-0.2, 0) is 61.6 Å². The van der Waals surface area contributed by atoms with Gasteiger partial charge in [-0.25, -0.2) is 0 Å². The van der Waals surface area contributed by atoms with E-state index in [-0.39, 0.29) is 25.0 Å². The van der Waals surface area contributed by atoms with Crippen molar-refractivity contribution >= 4 is 11.8 Å². The van der Waals surface area contributed by atoms with Gasteiger partial charge in [0.05, 0.1) is 183 Å². The predicted molar refractivity (Wildman–Crippen MR) is 202 cm³/mol. The monoisotopic (exact) mass is 789 g/mol. The van der Waals surface area contributed by atoms with Crippen LogP contribution in [0.15, 0.2) is 24.3 Å². The van der Waals surface area contributed by atoms with Gasteiger partial charge in [0.25, 0.3) is 11.8 Å². The number of benzene rings is 1. The van der Waals surface area contributed by atoms with Crippen LogP contribution in [0.25, 0.3) is 0 Å². The molecule has 1 aromatic rings. The average molecular weight is 790 g/mol. The van der Waals surface area contributed by atoms with Gasteiger partial charge in [-0.05, 0) is 18.1 Å². The summed E-state index contributed by atoms with van der Waals surface area (Å²) in [7, 11) is 0. The Labute approximate surface area is 327 Å². The Morgan fingerprint density at radius 1 is 0.400 bits per heavy atom. The molecular formula is C39H67NO15. The molecule has 55 heavy (non-hydrogen) atoms. The lowest BCUT2D eigenvalue weighted by molar-refractivity contribution is -0.0292. The van der Waals surface area contributed by atoms with E-state index < -0.39 is 0 Å². The first kappa shape index (κ1) is 49.0. The number of rotatable bonds is 42. The van der Waals surface area contributed by atoms with E-state index in [2.05, 4.69) is 13.8 Å². The van der Waals surface area contributed by atoms with Gasteiger partial charge in [0.15, 0.2) is 0 Å². The minimum Gasteiger partial charge on any atom is -0.379 e. The third kappa shape index (κ3) is 26.4. The third-order valence-electron chi connectivity index (χ3n) is 7.90. The zero-order valence-corrected chi connectivity index (χ0v) is 33.3. The van der Waals surface area contributed by atoms with Gasteiger partial charge in [0.2, 0.25) is 0 Å². The molecule has 0 fully saturated rings. The SMILES string of the molecule is CCC(C)COCCOCCOCCOCCOCCOCCOCCOCCOCCOCCOCCOCCOCCN1C(=O)c2ccccc2C1=O. The van der Waals surface area contributed by atoms with Crippen molar-refractivity contribution in [2.24, 2.45) is 5.92 Å². The molecule has 318 valence electrons. The summed E-state index contributed by atoms with van der Waals surface area (Å²) < 4.78 is 71.4. The standard InChI is InChI=1S/C39H67NO15/c1-3-35(2)34-55-33-32-54-31-30-53-29-28-52-27-26-51-25-24-50-23-22-49-21-20-48-19-18-47-17-16-46-15-14-45-13-12-44-11-10-43-9-8-40-38(41)36-6-4-5-7-37(36)39(40)42/h4-7,35H,3,8-34H2,1-2H3. The number of nitrogens with zero attached hydrogens (tertiary/aromatic N) is 1. The van der Waals surface area contributed by atoms with Crippen molar-refractivity contribution in [2.45, 2.75) is 20.3 Å². The third-order valence-corrected chi connectivity index (χ3v) is 7.90. The first-order valence-electron chi connectivity index (χ1n) is 19.6. The summed E-state index contributed by atoms with van der Waals surface area (Å²) in [6, 6.07) is 6.82. The van der Waals surface area contributed by atoms with Crippen molar-refractivity contribution in [2.75, 3.05) is 178 Å². The van der Waals surface area contributed by atoms with E-state index in [1.165, 1.54) is 4.90 Å². The number of amides is 2. The molecule has 0 aromatic heterocycles. The summed E-state index contributed by atoms with van der Waals surface area (Å²) in [4.78, 5) is 25.8. The Morgan fingerprint density at radius 3 is 0.891 bits per heavy atom. The van der Waals surface area contributed by atoms with Crippen LogP contribution < -0.4 is 0 Å². The van der Waals surface area contributed by atoms with Gasteiger partial charge in [-0.15, -0.1) is 0 Å². The molecule has 1 heterocycles. The molecule has 0 bridgehead atoms. The lowest BCUT2D eigenvalue weighted by Crippen LogP contribution is -2.33. The van der Waals surface area contributed by atoms with Crippen LogP contribution in [0.2, 0.25) is 0 Å². The van der Waals surface area contributed by atoms with E-state index in [1.54, 1.807) is 24.3 Å². The number of carbonyl (C=O) groups excluding carboxylic acids is 2. The summed E-state index contributed by atoms with van der Waals surface area (Å²) in [5.74, 6) is 0.0327. The second-order valence-corrected chi connectivity index (χ2v) is 12.2. The highest BCUT2D eigenvalue weighted by molar-refractivity contribution is 6.21. The minimum absolute atomic E-state index is 0.212. The van der Waals surface area contributed by atoms with Crippen molar-refractivity contribution in [1.29, 1.82) is 0 Å². The smallest absolute Gasteiger partial charge is 0.261 e. The molecule has 2 rings (SSSR count). The largest absolute Gasteiger partial charge is 0.379 e. The van der Waals surface area contributed by atoms with Gasteiger partial charge in [0.1, 0.15) is 0 Å². The second-order valence-electron chi connectivity index (χ2n) is 12.2. The zero-order chi connectivity index (χ0) is 39.3. The van der Waals surface area contributed by atoms with E-state index in [9.17, 15) is 9.59 Å². The molecule has 1 aromatic carbocycles. The molecule has 0 aliphatic carbocycles. The molecule has 0 saturated heterocycles. The first-order valence-corrected chi connectivity index (χ1v) is 19.6. The van der Waals surface area contributed by atoms with Gasteiger partial charge in [-0.2, -0.15) is 0 Å². The molecular weight excluding hydrogens is 722 g/mol. The Hall–Kier alpha value is -2.16. The highest BCUT2D eigenvalue weighted by atomic mass is 16.6. The van der Waals surface area contributed by atoms with Crippen LogP contribution in [0, 0.1) is 5.92 Å². The van der Waals surface area contributed by atoms with E-state index in [4.69, 9.17) is 61.6 Å². The molecule has 0 spiro atoms. The molecule has 1 unspecified atom stereocenters. The van der Waals surface area contributed by atoms with Crippen LogP contribution in [0.1, 0.15) is 41.0 Å². The van der Waals surface area contributed by atoms with Gasteiger partial charge in [-0.3, -0.25) is 14.5 Å². The van der Waals surface area contributed by atoms with Gasteiger partial charge in [0, 0.05) is 6.61 Å². The molecule has 1 aliphatic heterocycles. The van der Waals surface area contributed by atoms with Crippen LogP contribution >= 0.6 is 0 Å². The zero-order valence-electron chi connectivity index (χ0n) is 33.3. The van der Waals surface area contributed by atoms with Crippen LogP contribution in [-0.4, -0.2) is 195 Å². The Bertz CT molecular complexity index is 1020. The first-order chi connectivity index (χ1) is 27.1. The van der Waals surface area contributed by atoms with Crippen molar-refractivity contribution < 1.29 is 71.2 Å². The molecule has 0 N–H and O–H groups in total. The molecule has 16 nitrogen and oxygen atoms in total. The predicted octanol–water partition coefficient (Wildman–Crippen LogP) is 2.54. The molecule has 2 amide bonds. The normalized spacial score (nSPS) is 13.3. The van der Waals surface area contributed by atoms with E-state index in [1.807, 2.05) is 0 Å². The van der Waals surface area contributed by atoms with E-state index >= 15 is 0 Å². The fraction of sp³-hybridized carbons (Fsp3) is 0.795. The van der Waals surface area contributed by atoms with Gasteiger partial charge < -0.3 is 61.6 Å². The number of ether oxygens (including phenoxy) is 13. The Morgan fingerprint density at radius 2 is 0.636 bits per heavy atom. The number of imide groups is 1. The van der Waals surface area contributed by atoms with Gasteiger partial charge in [-0.1, -0.05) is 32.4 Å². The molecule has 0 saturated carbocycles. The minimum atomic E-state index is -0.279. The summed E-state index contributed by atoms with van der Waals surface area (Å²) >= 11 is 0. The molecule has 1 atom stereocenters. The van der Waals surface area contributed by atoms with Gasteiger partial charge >= 0.3 is 0 Å². The van der Waals surface area contributed by atoms with Crippen LogP contribution in [0.3, 0.4) is 0 Å². The lowest BCUT2D eigenvalue weighted by atomic mass is 10.1. The lowest BCUT2D eigenvalue weighted by Gasteiger charge is -2.13. The maximum atomic E-state index is 12.3. The van der Waals surface area contributed by atoms with Crippen LogP contribution in [0.4, 0.5) is 0 Å². The quantitative estimate of drug-likeness (QED) is 0.0703. The highest BCUT2D eigenvalue weighted by Crippen LogP contribution is 2.21. The Kier molecular flexibility index (Phi) is 32.2. The van der Waals surface area contributed by atoms with E-state index in [0.717, 1.165) is 13.0 Å². The summed E-state index contributed by atoms with van der Waals surface area (Å²) in [6.45, 7) is 17.4. The topological polar surface area (TPSA) is 157 Å². The number of carbonyl (C=O) groups is 2. The Balaban J connectivity index is 1.15. The van der Waals surface area contributed by atoms with Crippen molar-refractivity contribution in [3.8, 4) is 0 Å². The van der Waals surface area contributed by atoms with Crippen molar-refractivity contribution in [3.63, 3.8) is 0 Å².